The Morgan fingerprint density at radius 2 is 1.59 bits per heavy atom. The van der Waals surface area contributed by atoms with Crippen LogP contribution in [0.3, 0.4) is 0 Å². The van der Waals surface area contributed by atoms with Crippen LogP contribution in [0.15, 0.2) is 47.4 Å². The summed E-state index contributed by atoms with van der Waals surface area (Å²) in [6.07, 6.45) is 3.88. The highest BCUT2D eigenvalue weighted by atomic mass is 32.2. The molecule has 2 aromatic rings. The van der Waals surface area contributed by atoms with Crippen LogP contribution in [0.1, 0.15) is 66.9 Å². The van der Waals surface area contributed by atoms with Crippen LogP contribution in [0.5, 0.6) is 0 Å². The summed E-state index contributed by atoms with van der Waals surface area (Å²) in [5.74, 6) is 0.109. The Kier molecular flexibility index (Phi) is 6.75. The SMILES string of the molecule is Cc1ccc(C(=O)Nc2ccc(C(C)C)cc2)cc1S(=O)(=O)N1CCCCCC1. The van der Waals surface area contributed by atoms with Crippen molar-refractivity contribution in [3.63, 3.8) is 0 Å². The lowest BCUT2D eigenvalue weighted by atomic mass is 10.0. The topological polar surface area (TPSA) is 66.5 Å². The summed E-state index contributed by atoms with van der Waals surface area (Å²) in [5, 5.41) is 2.86. The molecule has 1 heterocycles. The van der Waals surface area contributed by atoms with Gasteiger partial charge < -0.3 is 5.32 Å². The molecule has 1 N–H and O–H groups in total. The smallest absolute Gasteiger partial charge is 0.255 e. The van der Waals surface area contributed by atoms with Gasteiger partial charge in [-0.3, -0.25) is 4.79 Å². The number of hydrogen-bond donors (Lipinski definition) is 1. The molecule has 5 nitrogen and oxygen atoms in total. The summed E-state index contributed by atoms with van der Waals surface area (Å²) in [5.41, 5.74) is 2.89. The molecule has 1 amide bonds. The van der Waals surface area contributed by atoms with E-state index in [9.17, 15) is 13.2 Å². The van der Waals surface area contributed by atoms with Gasteiger partial charge in [-0.05, 0) is 61.1 Å². The molecule has 0 aliphatic carbocycles. The van der Waals surface area contributed by atoms with Gasteiger partial charge in [0.2, 0.25) is 10.0 Å². The number of carbonyl (C=O) groups excluding carboxylic acids is 1. The van der Waals surface area contributed by atoms with E-state index >= 15 is 0 Å². The van der Waals surface area contributed by atoms with Gasteiger partial charge in [0.15, 0.2) is 0 Å². The molecule has 3 rings (SSSR count). The molecule has 2 aromatic carbocycles. The molecule has 0 unspecified atom stereocenters. The summed E-state index contributed by atoms with van der Waals surface area (Å²) in [4.78, 5) is 13.0. The number of aryl methyl sites for hydroxylation is 1. The number of sulfonamides is 1. The van der Waals surface area contributed by atoms with Gasteiger partial charge >= 0.3 is 0 Å². The largest absolute Gasteiger partial charge is 0.322 e. The second-order valence-electron chi connectivity index (χ2n) is 8.03. The van der Waals surface area contributed by atoms with Crippen molar-refractivity contribution in [2.45, 2.75) is 57.3 Å². The number of benzene rings is 2. The molecule has 1 saturated heterocycles. The van der Waals surface area contributed by atoms with Crippen LogP contribution in [-0.4, -0.2) is 31.7 Å². The summed E-state index contributed by atoms with van der Waals surface area (Å²) >= 11 is 0. The van der Waals surface area contributed by atoms with Gasteiger partial charge in [0.25, 0.3) is 5.91 Å². The quantitative estimate of drug-likeness (QED) is 0.754. The number of amides is 1. The normalized spacial score (nSPS) is 15.9. The Hall–Kier alpha value is -2.18. The summed E-state index contributed by atoms with van der Waals surface area (Å²) in [7, 11) is -3.61. The van der Waals surface area contributed by atoms with Crippen LogP contribution in [0.2, 0.25) is 0 Å². The number of rotatable bonds is 5. The first kappa shape index (κ1) is 21.5. The second-order valence-corrected chi connectivity index (χ2v) is 9.94. The zero-order chi connectivity index (χ0) is 21.0. The van der Waals surface area contributed by atoms with Crippen LogP contribution in [-0.2, 0) is 10.0 Å². The van der Waals surface area contributed by atoms with Gasteiger partial charge in [-0.15, -0.1) is 0 Å². The zero-order valence-corrected chi connectivity index (χ0v) is 18.3. The van der Waals surface area contributed by atoms with Gasteiger partial charge in [0.1, 0.15) is 0 Å². The van der Waals surface area contributed by atoms with Crippen molar-refractivity contribution in [1.29, 1.82) is 0 Å². The van der Waals surface area contributed by atoms with E-state index in [0.717, 1.165) is 25.7 Å². The lowest BCUT2D eigenvalue weighted by Gasteiger charge is -2.21. The zero-order valence-electron chi connectivity index (χ0n) is 17.4. The minimum Gasteiger partial charge on any atom is -0.322 e. The van der Waals surface area contributed by atoms with Crippen molar-refractivity contribution >= 4 is 21.6 Å². The summed E-state index contributed by atoms with van der Waals surface area (Å²) < 4.78 is 27.9. The fourth-order valence-electron chi connectivity index (χ4n) is 3.59. The van der Waals surface area contributed by atoms with E-state index in [1.165, 1.54) is 11.6 Å². The maximum Gasteiger partial charge on any atom is 0.255 e. The first-order valence-electron chi connectivity index (χ1n) is 10.3. The van der Waals surface area contributed by atoms with Crippen molar-refractivity contribution < 1.29 is 13.2 Å². The minimum absolute atomic E-state index is 0.224. The van der Waals surface area contributed by atoms with Crippen LogP contribution in [0, 0.1) is 6.92 Å². The molecule has 0 radical (unpaired) electrons. The molecule has 0 saturated carbocycles. The van der Waals surface area contributed by atoms with E-state index in [1.54, 1.807) is 23.4 Å². The highest BCUT2D eigenvalue weighted by Gasteiger charge is 2.27. The van der Waals surface area contributed by atoms with E-state index in [4.69, 9.17) is 0 Å². The molecule has 29 heavy (non-hydrogen) atoms. The molecule has 1 aliphatic rings. The van der Waals surface area contributed by atoms with Crippen molar-refractivity contribution in [2.75, 3.05) is 18.4 Å². The molecule has 0 atom stereocenters. The van der Waals surface area contributed by atoms with E-state index in [0.29, 0.717) is 35.8 Å². The number of anilines is 1. The van der Waals surface area contributed by atoms with Crippen molar-refractivity contribution in [1.82, 2.24) is 4.31 Å². The number of carbonyl (C=O) groups is 1. The average Bonchev–Trinajstić information content (AvgIpc) is 2.98. The lowest BCUT2D eigenvalue weighted by Crippen LogP contribution is -2.32. The van der Waals surface area contributed by atoms with Crippen LogP contribution in [0.4, 0.5) is 5.69 Å². The Bertz CT molecular complexity index is 958. The van der Waals surface area contributed by atoms with Gasteiger partial charge in [-0.1, -0.05) is 44.9 Å². The molecule has 1 fully saturated rings. The number of nitrogens with one attached hydrogen (secondary N) is 1. The van der Waals surface area contributed by atoms with Crippen LogP contribution >= 0.6 is 0 Å². The first-order valence-corrected chi connectivity index (χ1v) is 11.7. The van der Waals surface area contributed by atoms with E-state index < -0.39 is 10.0 Å². The van der Waals surface area contributed by atoms with Gasteiger partial charge in [-0.2, -0.15) is 4.31 Å². The molecule has 1 aliphatic heterocycles. The van der Waals surface area contributed by atoms with E-state index in [1.807, 2.05) is 24.3 Å². The summed E-state index contributed by atoms with van der Waals surface area (Å²) in [6.45, 7) is 7.09. The van der Waals surface area contributed by atoms with Gasteiger partial charge in [0.05, 0.1) is 4.90 Å². The standard InChI is InChI=1S/C23H30N2O3S/c1-17(2)19-10-12-21(13-11-19)24-23(26)20-9-8-18(3)22(16-20)29(27,28)25-14-6-4-5-7-15-25/h8-13,16-17H,4-7,14-15H2,1-3H3,(H,24,26). The Labute approximate surface area is 174 Å². The predicted octanol–water partition coefficient (Wildman–Crippen LogP) is 4.94. The minimum atomic E-state index is -3.61. The third-order valence-corrected chi connectivity index (χ3v) is 7.51. The van der Waals surface area contributed by atoms with Crippen molar-refractivity contribution in [3.05, 3.63) is 59.2 Å². The molecule has 156 valence electrons. The monoisotopic (exact) mass is 414 g/mol. The fourth-order valence-corrected chi connectivity index (χ4v) is 5.36. The number of nitrogens with zero attached hydrogens (tertiary/aromatic N) is 1. The first-order chi connectivity index (χ1) is 13.8. The third kappa shape index (κ3) is 5.06. The lowest BCUT2D eigenvalue weighted by molar-refractivity contribution is 0.102. The maximum absolute atomic E-state index is 13.2. The number of hydrogen-bond acceptors (Lipinski definition) is 3. The fraction of sp³-hybridized carbons (Fsp3) is 0.435. The summed E-state index contributed by atoms with van der Waals surface area (Å²) in [6, 6.07) is 12.6. The second kappa shape index (κ2) is 9.09. The Morgan fingerprint density at radius 1 is 0.966 bits per heavy atom. The highest BCUT2D eigenvalue weighted by molar-refractivity contribution is 7.89. The molecule has 0 spiro atoms. The highest BCUT2D eigenvalue weighted by Crippen LogP contribution is 2.25. The molecule has 6 heteroatoms. The third-order valence-electron chi connectivity index (χ3n) is 5.47. The van der Waals surface area contributed by atoms with Crippen LogP contribution < -0.4 is 5.32 Å². The molecule has 0 aromatic heterocycles. The predicted molar refractivity (Wildman–Crippen MR) is 117 cm³/mol. The molecular weight excluding hydrogens is 384 g/mol. The molecular formula is C23H30N2O3S. The van der Waals surface area contributed by atoms with Gasteiger partial charge in [-0.25, -0.2) is 8.42 Å². The van der Waals surface area contributed by atoms with Gasteiger partial charge in [0, 0.05) is 24.3 Å². The maximum atomic E-state index is 13.2. The average molecular weight is 415 g/mol. The Balaban J connectivity index is 1.83. The molecule has 0 bridgehead atoms. The van der Waals surface area contributed by atoms with Crippen LogP contribution in [0.25, 0.3) is 0 Å². The van der Waals surface area contributed by atoms with Crippen molar-refractivity contribution in [2.24, 2.45) is 0 Å². The van der Waals surface area contributed by atoms with E-state index in [2.05, 4.69) is 19.2 Å². The van der Waals surface area contributed by atoms with Crippen molar-refractivity contribution in [3.8, 4) is 0 Å². The van der Waals surface area contributed by atoms with E-state index in [-0.39, 0.29) is 10.8 Å². The Morgan fingerprint density at radius 3 is 2.17 bits per heavy atom.